The van der Waals surface area contributed by atoms with E-state index in [2.05, 4.69) is 30.6 Å². The van der Waals surface area contributed by atoms with E-state index in [1.54, 1.807) is 0 Å². The normalized spacial score (nSPS) is 25.9. The first kappa shape index (κ1) is 17.6. The molecule has 1 unspecified atom stereocenters. The Labute approximate surface area is 137 Å². The number of nitrogens with two attached hydrogens (primary N) is 1. The molecule has 4 heteroatoms. The molecule has 0 spiro atoms. The quantitative estimate of drug-likeness (QED) is 0.627. The van der Waals surface area contributed by atoms with Crippen molar-refractivity contribution >= 4 is 5.96 Å². The molecule has 2 aliphatic heterocycles. The molecule has 0 radical (unpaired) electrons. The second-order valence-corrected chi connectivity index (χ2v) is 7.86. The van der Waals surface area contributed by atoms with Crippen molar-refractivity contribution in [2.24, 2.45) is 28.5 Å². The van der Waals surface area contributed by atoms with Crippen molar-refractivity contribution in [3.63, 3.8) is 0 Å². The number of piperidine rings is 2. The van der Waals surface area contributed by atoms with Crippen LogP contribution in [0.25, 0.3) is 0 Å². The number of guanidine groups is 1. The van der Waals surface area contributed by atoms with Crippen LogP contribution in [0.1, 0.15) is 52.9 Å². The van der Waals surface area contributed by atoms with Crippen molar-refractivity contribution in [2.75, 3.05) is 39.3 Å². The molecule has 0 bridgehead atoms. The third kappa shape index (κ3) is 5.79. The minimum atomic E-state index is 0.732. The van der Waals surface area contributed by atoms with E-state index < -0.39 is 0 Å². The van der Waals surface area contributed by atoms with Gasteiger partial charge in [-0.05, 0) is 69.5 Å². The van der Waals surface area contributed by atoms with Gasteiger partial charge in [0.2, 0.25) is 0 Å². The van der Waals surface area contributed by atoms with E-state index in [0.717, 1.165) is 43.3 Å². The van der Waals surface area contributed by atoms with Crippen LogP contribution in [0.3, 0.4) is 0 Å². The molecule has 0 aliphatic carbocycles. The highest BCUT2D eigenvalue weighted by Gasteiger charge is 2.20. The Balaban J connectivity index is 1.68. The molecule has 22 heavy (non-hydrogen) atoms. The van der Waals surface area contributed by atoms with Crippen molar-refractivity contribution in [3.05, 3.63) is 0 Å². The number of rotatable bonds is 5. The summed E-state index contributed by atoms with van der Waals surface area (Å²) < 4.78 is 0. The zero-order chi connectivity index (χ0) is 15.9. The van der Waals surface area contributed by atoms with Gasteiger partial charge in [0.05, 0.1) is 0 Å². The van der Waals surface area contributed by atoms with Gasteiger partial charge in [-0.15, -0.1) is 0 Å². The Hall–Kier alpha value is -0.770. The Morgan fingerprint density at radius 3 is 2.55 bits per heavy atom. The molecule has 2 saturated heterocycles. The summed E-state index contributed by atoms with van der Waals surface area (Å²) in [6, 6.07) is 0. The van der Waals surface area contributed by atoms with Gasteiger partial charge < -0.3 is 15.5 Å². The maximum absolute atomic E-state index is 6.20. The molecule has 2 fully saturated rings. The summed E-state index contributed by atoms with van der Waals surface area (Å²) in [7, 11) is 0. The van der Waals surface area contributed by atoms with Crippen LogP contribution in [0.15, 0.2) is 4.99 Å². The van der Waals surface area contributed by atoms with E-state index in [4.69, 9.17) is 10.7 Å². The molecule has 2 rings (SSSR count). The second-order valence-electron chi connectivity index (χ2n) is 7.86. The fourth-order valence-electron chi connectivity index (χ4n) is 3.55. The van der Waals surface area contributed by atoms with Gasteiger partial charge in [-0.25, -0.2) is 0 Å². The lowest BCUT2D eigenvalue weighted by atomic mass is 9.96. The van der Waals surface area contributed by atoms with Gasteiger partial charge in [-0.2, -0.15) is 0 Å². The minimum Gasteiger partial charge on any atom is -0.370 e. The third-order valence-corrected chi connectivity index (χ3v) is 5.22. The summed E-state index contributed by atoms with van der Waals surface area (Å²) in [5, 5.41) is 0. The summed E-state index contributed by atoms with van der Waals surface area (Å²) in [6.45, 7) is 13.8. The molecule has 128 valence electrons. The van der Waals surface area contributed by atoms with Crippen LogP contribution >= 0.6 is 0 Å². The van der Waals surface area contributed by atoms with Gasteiger partial charge in [-0.1, -0.05) is 20.8 Å². The van der Waals surface area contributed by atoms with Crippen LogP contribution < -0.4 is 5.73 Å². The number of likely N-dealkylation sites (tertiary alicyclic amines) is 2. The van der Waals surface area contributed by atoms with Crippen molar-refractivity contribution in [3.8, 4) is 0 Å². The molecule has 2 heterocycles. The molecule has 0 aromatic carbocycles. The fraction of sp³-hybridized carbons (Fsp3) is 0.944. The molecule has 1 atom stereocenters. The fourth-order valence-corrected chi connectivity index (χ4v) is 3.55. The first-order valence-corrected chi connectivity index (χ1v) is 9.31. The lowest BCUT2D eigenvalue weighted by molar-refractivity contribution is 0.179. The van der Waals surface area contributed by atoms with E-state index in [1.807, 2.05) is 0 Å². The Morgan fingerprint density at radius 2 is 1.91 bits per heavy atom. The molecule has 0 aromatic rings. The number of hydrogen-bond acceptors (Lipinski definition) is 2. The van der Waals surface area contributed by atoms with Crippen molar-refractivity contribution in [1.29, 1.82) is 0 Å². The van der Waals surface area contributed by atoms with Crippen LogP contribution in [-0.4, -0.2) is 55.0 Å². The lowest BCUT2D eigenvalue weighted by Gasteiger charge is -2.33. The number of nitrogens with zero attached hydrogens (tertiary/aromatic N) is 3. The zero-order valence-electron chi connectivity index (χ0n) is 14.9. The highest BCUT2D eigenvalue weighted by Crippen LogP contribution is 2.19. The van der Waals surface area contributed by atoms with Crippen LogP contribution in [0.5, 0.6) is 0 Å². The van der Waals surface area contributed by atoms with Crippen molar-refractivity contribution in [2.45, 2.75) is 52.9 Å². The Morgan fingerprint density at radius 1 is 1.18 bits per heavy atom. The summed E-state index contributed by atoms with van der Waals surface area (Å²) >= 11 is 0. The Bertz CT molecular complexity index is 345. The van der Waals surface area contributed by atoms with Gasteiger partial charge in [0.1, 0.15) is 0 Å². The SMILES string of the molecule is CC(C)CCN1CCC(CN=C(N)N2CCCC(C)C2)CC1. The van der Waals surface area contributed by atoms with Crippen LogP contribution in [-0.2, 0) is 0 Å². The largest absolute Gasteiger partial charge is 0.370 e. The average Bonchev–Trinajstić information content (AvgIpc) is 2.51. The minimum absolute atomic E-state index is 0.732. The molecule has 2 N–H and O–H groups in total. The smallest absolute Gasteiger partial charge is 0.191 e. The van der Waals surface area contributed by atoms with E-state index in [1.165, 1.54) is 51.7 Å². The van der Waals surface area contributed by atoms with Crippen LogP contribution in [0.2, 0.25) is 0 Å². The maximum Gasteiger partial charge on any atom is 0.191 e. The molecular weight excluding hydrogens is 272 g/mol. The van der Waals surface area contributed by atoms with E-state index in [0.29, 0.717) is 0 Å². The molecule has 4 nitrogen and oxygen atoms in total. The van der Waals surface area contributed by atoms with Gasteiger partial charge in [-0.3, -0.25) is 4.99 Å². The van der Waals surface area contributed by atoms with Gasteiger partial charge in [0.15, 0.2) is 5.96 Å². The lowest BCUT2D eigenvalue weighted by Crippen LogP contribution is -2.44. The molecule has 0 amide bonds. The van der Waals surface area contributed by atoms with Crippen LogP contribution in [0.4, 0.5) is 0 Å². The Kier molecular flexibility index (Phi) is 7.00. The van der Waals surface area contributed by atoms with E-state index in [-0.39, 0.29) is 0 Å². The summed E-state index contributed by atoms with van der Waals surface area (Å²) in [5.74, 6) is 3.09. The average molecular weight is 309 g/mol. The summed E-state index contributed by atoms with van der Waals surface area (Å²) in [6.07, 6.45) is 6.48. The summed E-state index contributed by atoms with van der Waals surface area (Å²) in [4.78, 5) is 9.61. The van der Waals surface area contributed by atoms with Gasteiger partial charge >= 0.3 is 0 Å². The third-order valence-electron chi connectivity index (χ3n) is 5.22. The van der Waals surface area contributed by atoms with E-state index in [9.17, 15) is 0 Å². The highest BCUT2D eigenvalue weighted by atomic mass is 15.3. The first-order valence-electron chi connectivity index (χ1n) is 9.31. The molecule has 0 saturated carbocycles. The van der Waals surface area contributed by atoms with Gasteiger partial charge in [0.25, 0.3) is 0 Å². The summed E-state index contributed by atoms with van der Waals surface area (Å²) in [5.41, 5.74) is 6.20. The predicted octanol–water partition coefficient (Wildman–Crippen LogP) is 2.79. The molecule has 0 aromatic heterocycles. The predicted molar refractivity (Wildman–Crippen MR) is 95.1 cm³/mol. The second kappa shape index (κ2) is 8.76. The highest BCUT2D eigenvalue weighted by molar-refractivity contribution is 5.78. The zero-order valence-corrected chi connectivity index (χ0v) is 14.9. The molecule has 2 aliphatic rings. The number of aliphatic imine (C=N–C) groups is 1. The number of hydrogen-bond donors (Lipinski definition) is 1. The van der Waals surface area contributed by atoms with Crippen molar-refractivity contribution in [1.82, 2.24) is 9.80 Å². The van der Waals surface area contributed by atoms with Crippen LogP contribution in [0, 0.1) is 17.8 Å². The van der Waals surface area contributed by atoms with Gasteiger partial charge in [0, 0.05) is 19.6 Å². The standard InChI is InChI=1S/C18H36N4/c1-15(2)6-10-21-11-7-17(8-12-21)13-20-18(19)22-9-4-5-16(3)14-22/h15-17H,4-14H2,1-3H3,(H2,19,20). The van der Waals surface area contributed by atoms with Crippen molar-refractivity contribution < 1.29 is 0 Å². The topological polar surface area (TPSA) is 44.9 Å². The monoisotopic (exact) mass is 308 g/mol. The first-order chi connectivity index (χ1) is 10.5. The maximum atomic E-state index is 6.20. The van der Waals surface area contributed by atoms with E-state index >= 15 is 0 Å². The molecular formula is C18H36N4.